The van der Waals surface area contributed by atoms with Crippen LogP contribution in [0.4, 0.5) is 0 Å². The monoisotopic (exact) mass is 166 g/mol. The van der Waals surface area contributed by atoms with Crippen molar-refractivity contribution in [1.29, 1.82) is 0 Å². The molecule has 0 aliphatic rings. The molecule has 0 aromatic carbocycles. The third-order valence-corrected chi connectivity index (χ3v) is 0. The Bertz CT molecular complexity index is 115. The molecule has 0 aromatic rings. The van der Waals surface area contributed by atoms with Crippen molar-refractivity contribution in [2.24, 2.45) is 0 Å². The van der Waals surface area contributed by atoms with Gasteiger partial charge in [-0.05, 0) is 0 Å². The Morgan fingerprint density at radius 1 is 1.30 bits per heavy atom. The van der Waals surface area contributed by atoms with Gasteiger partial charge in [0.15, 0.2) is 0 Å². The second-order valence-electron chi connectivity index (χ2n) is 1.03. The molecule has 58 valence electrons. The quantitative estimate of drug-likeness (QED) is 0.257. The average molecular weight is 166 g/mol. The number of carboxylic acids is 1. The molecule has 0 bridgehead atoms. The van der Waals surface area contributed by atoms with Gasteiger partial charge in [0.2, 0.25) is 0 Å². The summed E-state index contributed by atoms with van der Waals surface area (Å²) in [5.74, 6) is -0.833. The molecular weight excluding hydrogens is 158 g/mol. The van der Waals surface area contributed by atoms with Gasteiger partial charge < -0.3 is 19.8 Å². The van der Waals surface area contributed by atoms with Gasteiger partial charge in [-0.15, -0.1) is 0 Å². The summed E-state index contributed by atoms with van der Waals surface area (Å²) in [5.41, 5.74) is 0. The average Bonchev–Trinajstić information content (AvgIpc) is 1.19. The van der Waals surface area contributed by atoms with Crippen LogP contribution in [0, 0.1) is 0 Å². The van der Waals surface area contributed by atoms with Gasteiger partial charge in [-0.2, -0.15) is 0 Å². The molecule has 0 saturated heterocycles. The molecule has 0 spiro atoms. The van der Waals surface area contributed by atoms with Crippen LogP contribution in [-0.2, 0) is 9.36 Å². The first kappa shape index (κ1) is 16.6. The van der Waals surface area contributed by atoms with Crippen LogP contribution >= 0.6 is 7.82 Å². The second kappa shape index (κ2) is 7.29. The Balaban J connectivity index is -0.0000000910. The summed E-state index contributed by atoms with van der Waals surface area (Å²) >= 11 is 0. The molecule has 0 aromatic heterocycles. The Morgan fingerprint density at radius 3 is 1.30 bits per heavy atom. The number of carboxylic acid groups (broad SMARTS) is 1. The molecular formula is C2H8LiO6P. The van der Waals surface area contributed by atoms with E-state index < -0.39 is 13.8 Å². The predicted molar refractivity (Wildman–Crippen MR) is 34.7 cm³/mol. The van der Waals surface area contributed by atoms with Crippen LogP contribution in [0.2, 0.25) is 0 Å². The van der Waals surface area contributed by atoms with Crippen molar-refractivity contribution in [2.45, 2.75) is 6.92 Å². The Labute approximate surface area is 69.3 Å². The number of hydrogen-bond acceptors (Lipinski definition) is 2. The molecule has 0 atom stereocenters. The van der Waals surface area contributed by atoms with E-state index in [1.807, 2.05) is 0 Å². The summed E-state index contributed by atoms with van der Waals surface area (Å²) < 4.78 is 8.88. The van der Waals surface area contributed by atoms with Crippen molar-refractivity contribution < 1.29 is 29.1 Å². The summed E-state index contributed by atoms with van der Waals surface area (Å²) in [4.78, 5) is 30.6. The molecule has 0 unspecified atom stereocenters. The molecule has 0 aliphatic heterocycles. The van der Waals surface area contributed by atoms with Gasteiger partial charge in [0, 0.05) is 6.92 Å². The summed E-state index contributed by atoms with van der Waals surface area (Å²) in [6.07, 6.45) is 0. The van der Waals surface area contributed by atoms with Crippen LogP contribution < -0.4 is 0 Å². The van der Waals surface area contributed by atoms with Crippen LogP contribution in [0.3, 0.4) is 0 Å². The molecule has 10 heavy (non-hydrogen) atoms. The van der Waals surface area contributed by atoms with E-state index in [1.165, 1.54) is 0 Å². The summed E-state index contributed by atoms with van der Waals surface area (Å²) in [7, 11) is -4.64. The van der Waals surface area contributed by atoms with Crippen LogP contribution in [0.25, 0.3) is 0 Å². The van der Waals surface area contributed by atoms with Gasteiger partial charge in [-0.1, -0.05) is 0 Å². The maximum atomic E-state index is 9.00. The molecule has 8 heteroatoms. The molecule has 0 heterocycles. The van der Waals surface area contributed by atoms with Crippen molar-refractivity contribution in [2.75, 3.05) is 0 Å². The fourth-order valence-electron chi connectivity index (χ4n) is 0. The maximum absolute atomic E-state index is 9.00. The molecule has 0 rings (SSSR count). The summed E-state index contributed by atoms with van der Waals surface area (Å²) in [5, 5.41) is 7.42. The normalized spacial score (nSPS) is 8.40. The first-order valence-electron chi connectivity index (χ1n) is 1.71. The van der Waals surface area contributed by atoms with E-state index >= 15 is 0 Å². The third kappa shape index (κ3) is 13400. The zero-order chi connectivity index (χ0) is 8.08. The van der Waals surface area contributed by atoms with Crippen molar-refractivity contribution in [3.63, 3.8) is 0 Å². The van der Waals surface area contributed by atoms with E-state index in [1.54, 1.807) is 0 Å². The molecule has 0 fully saturated rings. The molecule has 0 saturated carbocycles. The summed E-state index contributed by atoms with van der Waals surface area (Å²) in [6, 6.07) is 0. The number of phosphoric acid groups is 1. The predicted octanol–water partition coefficient (Wildman–Crippen LogP) is -1.49. The Hall–Kier alpha value is 0.177. The van der Waals surface area contributed by atoms with Crippen LogP contribution in [0.5, 0.6) is 0 Å². The van der Waals surface area contributed by atoms with Crippen molar-refractivity contribution in [3.05, 3.63) is 0 Å². The fraction of sp³-hybridized carbons (Fsp3) is 0.500. The zero-order valence-electron chi connectivity index (χ0n) is 4.55. The van der Waals surface area contributed by atoms with Gasteiger partial charge in [0.25, 0.3) is 5.97 Å². The van der Waals surface area contributed by atoms with Crippen molar-refractivity contribution in [3.8, 4) is 0 Å². The Morgan fingerprint density at radius 2 is 1.30 bits per heavy atom. The van der Waals surface area contributed by atoms with Gasteiger partial charge in [-0.25, -0.2) is 4.57 Å². The minimum atomic E-state index is -4.64. The van der Waals surface area contributed by atoms with Gasteiger partial charge in [0.05, 0.1) is 0 Å². The zero-order valence-corrected chi connectivity index (χ0v) is 5.45. The van der Waals surface area contributed by atoms with Crippen LogP contribution in [0.1, 0.15) is 6.92 Å². The van der Waals surface area contributed by atoms with E-state index in [9.17, 15) is 0 Å². The Kier molecular flexibility index (Phi) is 12.1. The first-order valence-corrected chi connectivity index (χ1v) is 3.28. The van der Waals surface area contributed by atoms with Crippen LogP contribution in [-0.4, -0.2) is 44.6 Å². The topological polar surface area (TPSA) is 115 Å². The fourth-order valence-corrected chi connectivity index (χ4v) is 0. The molecule has 6 nitrogen and oxygen atoms in total. The molecule has 0 aliphatic carbocycles. The van der Waals surface area contributed by atoms with Gasteiger partial charge in [-0.3, -0.25) is 4.79 Å². The van der Waals surface area contributed by atoms with Gasteiger partial charge in [0.1, 0.15) is 0 Å². The molecule has 0 amide bonds. The molecule has 4 N–H and O–H groups in total. The third-order valence-electron chi connectivity index (χ3n) is 0. The molecule has 0 radical (unpaired) electrons. The number of carbonyl (C=O) groups is 1. The standard InChI is InChI=1S/C2H4O2.Li.H3O4P.H/c1-2(3)4;;1-5(2,3)4;/h1H3,(H,3,4);;(H3,1,2,3,4);. The number of rotatable bonds is 0. The summed E-state index contributed by atoms with van der Waals surface area (Å²) in [6.45, 7) is 1.08. The minimum absolute atomic E-state index is 0. The van der Waals surface area contributed by atoms with Crippen molar-refractivity contribution in [1.82, 2.24) is 0 Å². The SMILES string of the molecule is CC(=O)O.O=P(O)(O)O.[LiH]. The van der Waals surface area contributed by atoms with Crippen LogP contribution in [0.15, 0.2) is 0 Å². The van der Waals surface area contributed by atoms with E-state index in [-0.39, 0.29) is 18.9 Å². The first-order chi connectivity index (χ1) is 3.73. The van der Waals surface area contributed by atoms with Gasteiger partial charge >= 0.3 is 26.7 Å². The van der Waals surface area contributed by atoms with E-state index in [4.69, 9.17) is 29.1 Å². The van der Waals surface area contributed by atoms with E-state index in [0.717, 1.165) is 6.92 Å². The van der Waals surface area contributed by atoms with E-state index in [0.29, 0.717) is 0 Å². The van der Waals surface area contributed by atoms with E-state index in [2.05, 4.69) is 0 Å². The number of hydrogen-bond donors (Lipinski definition) is 4. The second-order valence-corrected chi connectivity index (χ2v) is 2.06. The van der Waals surface area contributed by atoms with Crippen molar-refractivity contribution >= 4 is 32.7 Å². The number of aliphatic carboxylic acids is 1.